The first-order valence-corrected chi connectivity index (χ1v) is 8.52. The van der Waals surface area contributed by atoms with Crippen molar-refractivity contribution in [2.45, 2.75) is 6.04 Å². The number of hydrogen-bond acceptors (Lipinski definition) is 3. The van der Waals surface area contributed by atoms with E-state index in [-0.39, 0.29) is 6.04 Å². The van der Waals surface area contributed by atoms with Crippen LogP contribution in [0.2, 0.25) is 0 Å². The van der Waals surface area contributed by atoms with Gasteiger partial charge in [-0.15, -0.1) is 0 Å². The normalized spacial score (nSPS) is 15.6. The van der Waals surface area contributed by atoms with Crippen LogP contribution in [0, 0.1) is 11.8 Å². The van der Waals surface area contributed by atoms with Gasteiger partial charge in [0.1, 0.15) is 0 Å². The van der Waals surface area contributed by atoms with Gasteiger partial charge in [-0.2, -0.15) is 0 Å². The van der Waals surface area contributed by atoms with E-state index in [0.29, 0.717) is 6.54 Å². The monoisotopic (exact) mass is 334 g/mol. The summed E-state index contributed by atoms with van der Waals surface area (Å²) in [7, 11) is 0. The molecule has 2 aromatic rings. The molecule has 0 spiro atoms. The Morgan fingerprint density at radius 1 is 0.920 bits per heavy atom. The average Bonchev–Trinajstić information content (AvgIpc) is 2.65. The number of benzene rings is 2. The summed E-state index contributed by atoms with van der Waals surface area (Å²) in [6.45, 7) is 4.17. The number of carbonyl (C=O) groups is 1. The molecular formula is C21H22N2O2. The van der Waals surface area contributed by atoms with Crippen LogP contribution in [0.1, 0.15) is 17.2 Å². The molecule has 1 aliphatic rings. The molecule has 1 heterocycles. The highest BCUT2D eigenvalue weighted by molar-refractivity contribution is 5.86. The van der Waals surface area contributed by atoms with E-state index in [0.717, 1.165) is 26.2 Å². The quantitative estimate of drug-likeness (QED) is 0.873. The Morgan fingerprint density at radius 2 is 1.44 bits per heavy atom. The maximum Gasteiger partial charge on any atom is 0.381 e. The van der Waals surface area contributed by atoms with E-state index in [9.17, 15) is 4.79 Å². The summed E-state index contributed by atoms with van der Waals surface area (Å²) in [4.78, 5) is 15.2. The predicted molar refractivity (Wildman–Crippen MR) is 98.2 cm³/mol. The van der Waals surface area contributed by atoms with Crippen molar-refractivity contribution in [3.05, 3.63) is 71.8 Å². The van der Waals surface area contributed by atoms with Crippen LogP contribution < -0.4 is 0 Å². The van der Waals surface area contributed by atoms with Gasteiger partial charge in [-0.1, -0.05) is 66.6 Å². The zero-order valence-electron chi connectivity index (χ0n) is 14.1. The fourth-order valence-corrected chi connectivity index (χ4v) is 3.29. The third kappa shape index (κ3) is 4.69. The van der Waals surface area contributed by atoms with Crippen molar-refractivity contribution < 1.29 is 9.90 Å². The summed E-state index contributed by atoms with van der Waals surface area (Å²) in [5.41, 5.74) is 2.60. The molecule has 0 radical (unpaired) electrons. The second-order valence-electron chi connectivity index (χ2n) is 6.14. The van der Waals surface area contributed by atoms with Crippen molar-refractivity contribution in [3.63, 3.8) is 0 Å². The molecule has 1 aliphatic heterocycles. The molecule has 128 valence electrons. The first-order chi connectivity index (χ1) is 12.2. The number of carboxylic acids is 1. The topological polar surface area (TPSA) is 43.8 Å². The van der Waals surface area contributed by atoms with E-state index in [4.69, 9.17) is 5.11 Å². The number of piperazine rings is 1. The Hall–Kier alpha value is -2.61. The largest absolute Gasteiger partial charge is 0.472 e. The van der Waals surface area contributed by atoms with Crippen LogP contribution in [-0.4, -0.2) is 53.6 Å². The number of hydrogen-bond donors (Lipinski definition) is 1. The first kappa shape index (κ1) is 17.2. The van der Waals surface area contributed by atoms with E-state index in [1.165, 1.54) is 11.1 Å². The second kappa shape index (κ2) is 8.48. The van der Waals surface area contributed by atoms with Crippen LogP contribution in [0.15, 0.2) is 60.7 Å². The van der Waals surface area contributed by atoms with Crippen molar-refractivity contribution in [2.24, 2.45) is 0 Å². The van der Waals surface area contributed by atoms with Gasteiger partial charge in [-0.05, 0) is 11.1 Å². The van der Waals surface area contributed by atoms with Crippen molar-refractivity contribution >= 4 is 5.97 Å². The Labute approximate surface area is 148 Å². The molecule has 0 unspecified atom stereocenters. The van der Waals surface area contributed by atoms with Gasteiger partial charge < -0.3 is 5.11 Å². The minimum Gasteiger partial charge on any atom is -0.472 e. The van der Waals surface area contributed by atoms with E-state index in [1.54, 1.807) is 0 Å². The first-order valence-electron chi connectivity index (χ1n) is 8.52. The molecule has 0 bridgehead atoms. The highest BCUT2D eigenvalue weighted by Crippen LogP contribution is 2.29. The van der Waals surface area contributed by atoms with Crippen LogP contribution in [0.4, 0.5) is 0 Å². The molecule has 4 heteroatoms. The summed E-state index contributed by atoms with van der Waals surface area (Å²) < 4.78 is 0. The highest BCUT2D eigenvalue weighted by Gasteiger charge is 2.25. The molecular weight excluding hydrogens is 312 g/mol. The molecule has 0 aliphatic carbocycles. The van der Waals surface area contributed by atoms with E-state index in [2.05, 4.69) is 70.2 Å². The van der Waals surface area contributed by atoms with Crippen LogP contribution >= 0.6 is 0 Å². The van der Waals surface area contributed by atoms with Gasteiger partial charge in [-0.25, -0.2) is 4.79 Å². The van der Waals surface area contributed by atoms with Crippen LogP contribution in [0.5, 0.6) is 0 Å². The molecule has 0 atom stereocenters. The molecule has 1 N–H and O–H groups in total. The summed E-state index contributed by atoms with van der Waals surface area (Å²) in [5.74, 6) is 3.85. The van der Waals surface area contributed by atoms with E-state index in [1.807, 2.05) is 12.1 Å². The van der Waals surface area contributed by atoms with Crippen molar-refractivity contribution in [3.8, 4) is 11.8 Å². The lowest BCUT2D eigenvalue weighted by Gasteiger charge is -2.39. The zero-order chi connectivity index (χ0) is 17.5. The molecule has 0 aromatic heterocycles. The third-order valence-corrected chi connectivity index (χ3v) is 4.50. The lowest BCUT2D eigenvalue weighted by atomic mass is 9.96. The highest BCUT2D eigenvalue weighted by atomic mass is 16.4. The maximum atomic E-state index is 10.5. The van der Waals surface area contributed by atoms with Gasteiger partial charge in [-0.3, -0.25) is 9.80 Å². The van der Waals surface area contributed by atoms with Gasteiger partial charge in [0.15, 0.2) is 0 Å². The lowest BCUT2D eigenvalue weighted by molar-refractivity contribution is -0.130. The Balaban J connectivity index is 1.72. The van der Waals surface area contributed by atoms with Gasteiger partial charge in [0.2, 0.25) is 0 Å². The minimum absolute atomic E-state index is 0.245. The third-order valence-electron chi connectivity index (χ3n) is 4.50. The molecule has 4 nitrogen and oxygen atoms in total. The molecule has 0 amide bonds. The fraction of sp³-hybridized carbons (Fsp3) is 0.286. The fourth-order valence-electron chi connectivity index (χ4n) is 3.29. The van der Waals surface area contributed by atoms with Crippen molar-refractivity contribution in [1.29, 1.82) is 0 Å². The van der Waals surface area contributed by atoms with Gasteiger partial charge in [0, 0.05) is 32.1 Å². The molecule has 25 heavy (non-hydrogen) atoms. The van der Waals surface area contributed by atoms with E-state index >= 15 is 0 Å². The Bertz CT molecular complexity index is 702. The standard InChI is InChI=1S/C21H22N2O2/c24-20(25)12-7-13-22-14-16-23(17-15-22)21(18-8-3-1-4-9-18)19-10-5-2-6-11-19/h1-6,8-11,21H,13-17H2,(H,24,25). The van der Waals surface area contributed by atoms with E-state index < -0.39 is 5.97 Å². The van der Waals surface area contributed by atoms with Gasteiger partial charge >= 0.3 is 5.97 Å². The summed E-state index contributed by atoms with van der Waals surface area (Å²) in [6, 6.07) is 21.4. The molecule has 2 aromatic carbocycles. The number of rotatable bonds is 4. The zero-order valence-corrected chi connectivity index (χ0v) is 14.1. The minimum atomic E-state index is -1.06. The smallest absolute Gasteiger partial charge is 0.381 e. The average molecular weight is 334 g/mol. The summed E-state index contributed by atoms with van der Waals surface area (Å²) in [6.07, 6.45) is 0. The lowest BCUT2D eigenvalue weighted by Crippen LogP contribution is -2.47. The molecule has 0 saturated carbocycles. The number of aliphatic carboxylic acids is 1. The second-order valence-corrected chi connectivity index (χ2v) is 6.14. The molecule has 1 fully saturated rings. The number of carboxylic acid groups (broad SMARTS) is 1. The van der Waals surface area contributed by atoms with Crippen LogP contribution in [0.25, 0.3) is 0 Å². The van der Waals surface area contributed by atoms with Crippen LogP contribution in [-0.2, 0) is 4.79 Å². The van der Waals surface area contributed by atoms with Gasteiger partial charge in [0.25, 0.3) is 0 Å². The van der Waals surface area contributed by atoms with Crippen molar-refractivity contribution in [1.82, 2.24) is 9.80 Å². The molecule has 1 saturated heterocycles. The maximum absolute atomic E-state index is 10.5. The number of nitrogens with zero attached hydrogens (tertiary/aromatic N) is 2. The predicted octanol–water partition coefficient (Wildman–Crippen LogP) is 2.48. The van der Waals surface area contributed by atoms with Crippen molar-refractivity contribution in [2.75, 3.05) is 32.7 Å². The summed E-state index contributed by atoms with van der Waals surface area (Å²) in [5, 5.41) is 8.61. The molecule has 3 rings (SSSR count). The van der Waals surface area contributed by atoms with Gasteiger partial charge in [0.05, 0.1) is 12.6 Å². The Kier molecular flexibility index (Phi) is 5.84. The van der Waals surface area contributed by atoms with Crippen LogP contribution in [0.3, 0.4) is 0 Å². The Morgan fingerprint density at radius 3 is 1.92 bits per heavy atom. The summed E-state index contributed by atoms with van der Waals surface area (Å²) >= 11 is 0. The SMILES string of the molecule is O=C(O)C#CCN1CCN(C(c2ccccc2)c2ccccc2)CC1.